The monoisotopic (exact) mass is 376 g/mol. The van der Waals surface area contributed by atoms with Crippen LogP contribution in [0, 0.1) is 6.92 Å². The number of carbonyl (C=O) groups excluding carboxylic acids is 2. The largest absolute Gasteiger partial charge is 0.366 e. The molecule has 2 heterocycles. The van der Waals surface area contributed by atoms with Crippen LogP contribution in [0.3, 0.4) is 0 Å². The molecule has 7 nitrogen and oxygen atoms in total. The third-order valence-corrected chi connectivity index (χ3v) is 5.22. The van der Waals surface area contributed by atoms with Crippen LogP contribution < -0.4 is 16.6 Å². The molecule has 2 amide bonds. The topological polar surface area (TPSA) is 107 Å². The van der Waals surface area contributed by atoms with Crippen LogP contribution in [0.15, 0.2) is 29.3 Å². The molecule has 3 aromatic rings. The van der Waals surface area contributed by atoms with Gasteiger partial charge in [-0.2, -0.15) is 0 Å². The molecule has 0 radical (unpaired) electrons. The minimum absolute atomic E-state index is 0.147. The lowest BCUT2D eigenvalue weighted by molar-refractivity contribution is 0.0998. The van der Waals surface area contributed by atoms with Crippen molar-refractivity contribution in [3.05, 3.63) is 55.9 Å². The van der Waals surface area contributed by atoms with Crippen molar-refractivity contribution < 1.29 is 9.59 Å². The van der Waals surface area contributed by atoms with Gasteiger partial charge in [-0.05, 0) is 30.7 Å². The molecule has 0 aliphatic heterocycles. The summed E-state index contributed by atoms with van der Waals surface area (Å²) in [6, 6.07) is 4.42. The van der Waals surface area contributed by atoms with Gasteiger partial charge in [0.15, 0.2) is 0 Å². The van der Waals surface area contributed by atoms with Crippen LogP contribution in [0.4, 0.5) is 5.69 Å². The standard InChI is InChI=1S/C16H13ClN4O3S/c1-7-11-15(19-6-21(2)16(11)24)25-12(7)14(23)20-8-3-4-9(13(18)22)10(17)5-8/h3-6H,1-2H3,(H2,18,22)(H,20,23). The Morgan fingerprint density at radius 2 is 2.08 bits per heavy atom. The Hall–Kier alpha value is -2.71. The fourth-order valence-corrected chi connectivity index (χ4v) is 3.71. The summed E-state index contributed by atoms with van der Waals surface area (Å²) in [6.45, 7) is 1.71. The number of halogens is 1. The molecule has 9 heteroatoms. The van der Waals surface area contributed by atoms with Gasteiger partial charge in [-0.25, -0.2) is 4.98 Å². The minimum atomic E-state index is -0.648. The van der Waals surface area contributed by atoms with Crippen LogP contribution in [0.25, 0.3) is 10.2 Å². The minimum Gasteiger partial charge on any atom is -0.366 e. The SMILES string of the molecule is Cc1c(C(=O)Nc2ccc(C(N)=O)c(Cl)c2)sc2ncn(C)c(=O)c12. The molecule has 0 atom stereocenters. The lowest BCUT2D eigenvalue weighted by Crippen LogP contribution is -2.17. The van der Waals surface area contributed by atoms with E-state index < -0.39 is 5.91 Å². The number of aromatic nitrogens is 2. The van der Waals surface area contributed by atoms with E-state index in [2.05, 4.69) is 10.3 Å². The number of benzene rings is 1. The Morgan fingerprint density at radius 3 is 2.72 bits per heavy atom. The van der Waals surface area contributed by atoms with Crippen molar-refractivity contribution in [2.75, 3.05) is 5.32 Å². The molecule has 0 fully saturated rings. The van der Waals surface area contributed by atoms with Crippen LogP contribution in [-0.2, 0) is 7.05 Å². The van der Waals surface area contributed by atoms with E-state index in [1.807, 2.05) is 0 Å². The molecule has 0 unspecified atom stereocenters. The summed E-state index contributed by atoms with van der Waals surface area (Å²) in [4.78, 5) is 41.1. The Labute approximate surface area is 151 Å². The van der Waals surface area contributed by atoms with Crippen molar-refractivity contribution >= 4 is 50.7 Å². The maximum absolute atomic E-state index is 12.6. The van der Waals surface area contributed by atoms with E-state index in [4.69, 9.17) is 17.3 Å². The van der Waals surface area contributed by atoms with Crippen LogP contribution in [0.5, 0.6) is 0 Å². The number of hydrogen-bond donors (Lipinski definition) is 2. The van der Waals surface area contributed by atoms with Gasteiger partial charge in [0, 0.05) is 12.7 Å². The van der Waals surface area contributed by atoms with Crippen molar-refractivity contribution in [3.63, 3.8) is 0 Å². The summed E-state index contributed by atoms with van der Waals surface area (Å²) in [5.41, 5.74) is 6.16. The maximum atomic E-state index is 12.6. The van der Waals surface area contributed by atoms with Crippen molar-refractivity contribution in [1.29, 1.82) is 0 Å². The highest BCUT2D eigenvalue weighted by Crippen LogP contribution is 2.28. The van der Waals surface area contributed by atoms with Gasteiger partial charge in [-0.1, -0.05) is 11.6 Å². The smallest absolute Gasteiger partial charge is 0.266 e. The quantitative estimate of drug-likeness (QED) is 0.731. The predicted octanol–water partition coefficient (Wildman–Crippen LogP) is 2.31. The number of anilines is 1. The molecule has 3 rings (SSSR count). The van der Waals surface area contributed by atoms with Gasteiger partial charge < -0.3 is 15.6 Å². The molecule has 1 aromatic carbocycles. The number of nitrogens with zero attached hydrogens (tertiary/aromatic N) is 2. The van der Waals surface area contributed by atoms with E-state index in [9.17, 15) is 14.4 Å². The average Bonchev–Trinajstić information content (AvgIpc) is 2.88. The van der Waals surface area contributed by atoms with Gasteiger partial charge in [0.1, 0.15) is 4.83 Å². The Bertz CT molecular complexity index is 1090. The summed E-state index contributed by atoms with van der Waals surface area (Å²) < 4.78 is 1.37. The number of carbonyl (C=O) groups is 2. The molecule has 0 bridgehead atoms. The lowest BCUT2D eigenvalue weighted by Gasteiger charge is -2.07. The highest BCUT2D eigenvalue weighted by atomic mass is 35.5. The van der Waals surface area contributed by atoms with E-state index in [-0.39, 0.29) is 22.1 Å². The number of amides is 2. The molecule has 0 saturated carbocycles. The summed E-state index contributed by atoms with van der Waals surface area (Å²) in [7, 11) is 1.61. The van der Waals surface area contributed by atoms with Crippen LogP contribution in [-0.4, -0.2) is 21.4 Å². The second-order valence-electron chi connectivity index (χ2n) is 5.41. The van der Waals surface area contributed by atoms with Crippen molar-refractivity contribution in [2.45, 2.75) is 6.92 Å². The molecule has 2 aromatic heterocycles. The van der Waals surface area contributed by atoms with Gasteiger partial charge in [0.05, 0.1) is 27.2 Å². The molecule has 0 aliphatic rings. The number of nitrogens with one attached hydrogen (secondary N) is 1. The zero-order chi connectivity index (χ0) is 18.3. The first kappa shape index (κ1) is 17.1. The molecule has 0 saturated heterocycles. The number of rotatable bonds is 3. The van der Waals surface area contributed by atoms with E-state index in [1.165, 1.54) is 29.1 Å². The van der Waals surface area contributed by atoms with Crippen LogP contribution in [0.2, 0.25) is 5.02 Å². The first-order valence-electron chi connectivity index (χ1n) is 7.15. The maximum Gasteiger partial charge on any atom is 0.266 e. The highest BCUT2D eigenvalue weighted by Gasteiger charge is 2.19. The third kappa shape index (κ3) is 3.01. The molecule has 25 heavy (non-hydrogen) atoms. The first-order chi connectivity index (χ1) is 11.8. The van der Waals surface area contributed by atoms with Gasteiger partial charge >= 0.3 is 0 Å². The molecular formula is C16H13ClN4O3S. The van der Waals surface area contributed by atoms with E-state index in [1.54, 1.807) is 14.0 Å². The van der Waals surface area contributed by atoms with E-state index in [0.29, 0.717) is 26.3 Å². The van der Waals surface area contributed by atoms with Gasteiger partial charge in [-0.15, -0.1) is 11.3 Å². The molecule has 0 spiro atoms. The molecule has 3 N–H and O–H groups in total. The number of aryl methyl sites for hydroxylation is 2. The summed E-state index contributed by atoms with van der Waals surface area (Å²) in [5, 5.41) is 3.28. The fraction of sp³-hybridized carbons (Fsp3) is 0.125. The number of hydrogen-bond acceptors (Lipinski definition) is 5. The summed E-state index contributed by atoms with van der Waals surface area (Å²) >= 11 is 7.13. The second kappa shape index (κ2) is 6.30. The summed E-state index contributed by atoms with van der Waals surface area (Å²) in [6.07, 6.45) is 1.42. The second-order valence-corrected chi connectivity index (χ2v) is 6.82. The number of thiophene rings is 1. The normalized spacial score (nSPS) is 10.8. The van der Waals surface area contributed by atoms with E-state index in [0.717, 1.165) is 11.3 Å². The molecule has 128 valence electrons. The Morgan fingerprint density at radius 1 is 1.36 bits per heavy atom. The molecule has 0 aliphatic carbocycles. The first-order valence-corrected chi connectivity index (χ1v) is 8.34. The fourth-order valence-electron chi connectivity index (χ4n) is 2.41. The number of fused-ring (bicyclic) bond motifs is 1. The number of nitrogens with two attached hydrogens (primary N) is 1. The third-order valence-electron chi connectivity index (χ3n) is 3.71. The Balaban J connectivity index is 1.97. The van der Waals surface area contributed by atoms with E-state index >= 15 is 0 Å². The predicted molar refractivity (Wildman–Crippen MR) is 97.5 cm³/mol. The highest BCUT2D eigenvalue weighted by molar-refractivity contribution is 7.20. The average molecular weight is 377 g/mol. The number of primary amides is 1. The van der Waals surface area contributed by atoms with Gasteiger partial charge in [-0.3, -0.25) is 14.4 Å². The van der Waals surface area contributed by atoms with Gasteiger partial charge in [0.25, 0.3) is 11.5 Å². The zero-order valence-corrected chi connectivity index (χ0v) is 14.9. The Kier molecular flexibility index (Phi) is 4.32. The van der Waals surface area contributed by atoms with Gasteiger partial charge in [0.2, 0.25) is 5.91 Å². The van der Waals surface area contributed by atoms with Crippen LogP contribution >= 0.6 is 22.9 Å². The summed E-state index contributed by atoms with van der Waals surface area (Å²) in [5.74, 6) is -1.03. The van der Waals surface area contributed by atoms with Crippen molar-refractivity contribution in [1.82, 2.24) is 9.55 Å². The van der Waals surface area contributed by atoms with Crippen molar-refractivity contribution in [3.8, 4) is 0 Å². The lowest BCUT2D eigenvalue weighted by atomic mass is 10.2. The van der Waals surface area contributed by atoms with Crippen molar-refractivity contribution in [2.24, 2.45) is 12.8 Å². The molecular weight excluding hydrogens is 364 g/mol. The van der Waals surface area contributed by atoms with Crippen LogP contribution in [0.1, 0.15) is 25.6 Å². The zero-order valence-electron chi connectivity index (χ0n) is 13.3.